The van der Waals surface area contributed by atoms with Crippen LogP contribution in [0.4, 0.5) is 0 Å². The van der Waals surface area contributed by atoms with Crippen molar-refractivity contribution in [3.05, 3.63) is 29.3 Å². The van der Waals surface area contributed by atoms with Gasteiger partial charge >= 0.3 is 13.1 Å². The summed E-state index contributed by atoms with van der Waals surface area (Å²) in [6.45, 7) is 8.06. The Morgan fingerprint density at radius 3 is 2.24 bits per heavy atom. The number of aromatic carboxylic acids is 1. The molecular formula is C16H21BO4. The minimum Gasteiger partial charge on any atom is -0.478 e. The van der Waals surface area contributed by atoms with Crippen LogP contribution in [0.15, 0.2) is 18.2 Å². The molecule has 1 aliphatic carbocycles. The van der Waals surface area contributed by atoms with Gasteiger partial charge in [0, 0.05) is 0 Å². The van der Waals surface area contributed by atoms with Gasteiger partial charge in [0.05, 0.1) is 16.8 Å². The van der Waals surface area contributed by atoms with E-state index in [1.807, 2.05) is 33.8 Å². The number of hydrogen-bond donors (Lipinski definition) is 1. The van der Waals surface area contributed by atoms with E-state index in [0.717, 1.165) is 23.9 Å². The van der Waals surface area contributed by atoms with Crippen LogP contribution in [0.3, 0.4) is 0 Å². The van der Waals surface area contributed by atoms with E-state index in [2.05, 4.69) is 0 Å². The third-order valence-corrected chi connectivity index (χ3v) is 4.85. The van der Waals surface area contributed by atoms with E-state index in [0.29, 0.717) is 11.5 Å². The van der Waals surface area contributed by atoms with E-state index in [-0.39, 0.29) is 11.2 Å². The summed E-state index contributed by atoms with van der Waals surface area (Å²) in [6, 6.07) is 5.43. The Labute approximate surface area is 125 Å². The molecule has 0 amide bonds. The lowest BCUT2D eigenvalue weighted by molar-refractivity contribution is 0.00578. The number of carbonyl (C=O) groups is 1. The molecule has 0 spiro atoms. The molecule has 1 aromatic rings. The molecule has 0 unspecified atom stereocenters. The van der Waals surface area contributed by atoms with Gasteiger partial charge in [-0.2, -0.15) is 0 Å². The molecule has 112 valence electrons. The van der Waals surface area contributed by atoms with Gasteiger partial charge in [-0.05, 0) is 63.5 Å². The zero-order valence-corrected chi connectivity index (χ0v) is 13.0. The molecule has 3 rings (SSSR count). The number of carboxylic acids is 1. The summed E-state index contributed by atoms with van der Waals surface area (Å²) in [5, 5.41) is 9.30. The number of hydrogen-bond acceptors (Lipinski definition) is 3. The Balaban J connectivity index is 1.94. The molecule has 1 heterocycles. The smallest absolute Gasteiger partial charge is 0.478 e. The maximum Gasteiger partial charge on any atom is 0.494 e. The first-order chi connectivity index (χ1) is 9.71. The van der Waals surface area contributed by atoms with Crippen molar-refractivity contribution in [2.75, 3.05) is 0 Å². The van der Waals surface area contributed by atoms with Crippen molar-refractivity contribution in [1.82, 2.24) is 0 Å². The molecule has 1 saturated heterocycles. The third kappa shape index (κ3) is 2.49. The maximum absolute atomic E-state index is 11.3. The van der Waals surface area contributed by atoms with Crippen LogP contribution in [-0.4, -0.2) is 29.4 Å². The molecule has 1 N–H and O–H groups in total. The Morgan fingerprint density at radius 1 is 1.19 bits per heavy atom. The fourth-order valence-corrected chi connectivity index (χ4v) is 2.63. The van der Waals surface area contributed by atoms with Crippen molar-refractivity contribution in [2.24, 2.45) is 0 Å². The van der Waals surface area contributed by atoms with Crippen LogP contribution in [-0.2, 0) is 9.31 Å². The number of carboxylic acid groups (broad SMARTS) is 1. The van der Waals surface area contributed by atoms with Gasteiger partial charge in [-0.15, -0.1) is 0 Å². The normalized spacial score (nSPS) is 23.3. The molecule has 4 nitrogen and oxygen atoms in total. The van der Waals surface area contributed by atoms with Crippen LogP contribution in [0.2, 0.25) is 0 Å². The van der Waals surface area contributed by atoms with Gasteiger partial charge in [0.25, 0.3) is 0 Å². The van der Waals surface area contributed by atoms with E-state index in [1.54, 1.807) is 12.1 Å². The number of benzene rings is 1. The molecular weight excluding hydrogens is 267 g/mol. The lowest BCUT2D eigenvalue weighted by atomic mass is 9.77. The van der Waals surface area contributed by atoms with E-state index >= 15 is 0 Å². The zero-order valence-electron chi connectivity index (χ0n) is 13.0. The highest BCUT2D eigenvalue weighted by Gasteiger charge is 2.51. The quantitative estimate of drug-likeness (QED) is 0.868. The first kappa shape index (κ1) is 14.6. The Kier molecular flexibility index (Phi) is 3.19. The predicted molar refractivity (Wildman–Crippen MR) is 81.1 cm³/mol. The van der Waals surface area contributed by atoms with Crippen molar-refractivity contribution in [3.63, 3.8) is 0 Å². The van der Waals surface area contributed by atoms with Gasteiger partial charge in [-0.3, -0.25) is 0 Å². The summed E-state index contributed by atoms with van der Waals surface area (Å²) in [5.41, 5.74) is 1.44. The minimum absolute atomic E-state index is 0.374. The SMILES string of the molecule is CC1(C)OB(c2ccc(C(=O)O)c(C3CC3)c2)OC1(C)C. The van der Waals surface area contributed by atoms with Crippen LogP contribution < -0.4 is 5.46 Å². The van der Waals surface area contributed by atoms with Crippen molar-refractivity contribution in [1.29, 1.82) is 0 Å². The summed E-state index contributed by atoms with van der Waals surface area (Å²) in [7, 11) is -0.435. The summed E-state index contributed by atoms with van der Waals surface area (Å²) >= 11 is 0. The fourth-order valence-electron chi connectivity index (χ4n) is 2.63. The van der Waals surface area contributed by atoms with E-state index in [9.17, 15) is 9.90 Å². The van der Waals surface area contributed by atoms with E-state index < -0.39 is 13.1 Å². The summed E-state index contributed by atoms with van der Waals surface area (Å²) in [6.07, 6.45) is 2.13. The van der Waals surface area contributed by atoms with Crippen LogP contribution in [0, 0.1) is 0 Å². The molecule has 5 heteroatoms. The Bertz CT molecular complexity index is 574. The van der Waals surface area contributed by atoms with Gasteiger partial charge in [0.1, 0.15) is 0 Å². The second-order valence-corrected chi connectivity index (χ2v) is 7.01. The molecule has 0 aromatic heterocycles. The van der Waals surface area contributed by atoms with Gasteiger partial charge in [-0.1, -0.05) is 12.1 Å². The highest BCUT2D eigenvalue weighted by molar-refractivity contribution is 6.62. The van der Waals surface area contributed by atoms with Crippen molar-refractivity contribution < 1.29 is 19.2 Å². The van der Waals surface area contributed by atoms with Gasteiger partial charge in [0.2, 0.25) is 0 Å². The van der Waals surface area contributed by atoms with Crippen molar-refractivity contribution in [3.8, 4) is 0 Å². The highest BCUT2D eigenvalue weighted by atomic mass is 16.7. The summed E-state index contributed by atoms with van der Waals surface area (Å²) in [5.74, 6) is -0.490. The molecule has 1 saturated carbocycles. The molecule has 2 fully saturated rings. The number of rotatable bonds is 3. The van der Waals surface area contributed by atoms with Gasteiger partial charge in [-0.25, -0.2) is 4.79 Å². The van der Waals surface area contributed by atoms with Crippen LogP contribution in [0.1, 0.15) is 62.4 Å². The van der Waals surface area contributed by atoms with Crippen LogP contribution in [0.25, 0.3) is 0 Å². The van der Waals surface area contributed by atoms with Crippen LogP contribution in [0.5, 0.6) is 0 Å². The molecule has 0 bridgehead atoms. The first-order valence-corrected chi connectivity index (χ1v) is 7.44. The molecule has 21 heavy (non-hydrogen) atoms. The third-order valence-electron chi connectivity index (χ3n) is 4.85. The molecule has 0 radical (unpaired) electrons. The lowest BCUT2D eigenvalue weighted by Gasteiger charge is -2.32. The average Bonchev–Trinajstić information content (AvgIpc) is 3.17. The first-order valence-electron chi connectivity index (χ1n) is 7.44. The second kappa shape index (κ2) is 4.58. The summed E-state index contributed by atoms with van der Waals surface area (Å²) in [4.78, 5) is 11.3. The fraction of sp³-hybridized carbons (Fsp3) is 0.562. The van der Waals surface area contributed by atoms with E-state index in [1.165, 1.54) is 0 Å². The minimum atomic E-state index is -0.864. The molecule has 2 aliphatic rings. The average molecular weight is 288 g/mol. The molecule has 1 aliphatic heterocycles. The second-order valence-electron chi connectivity index (χ2n) is 7.01. The largest absolute Gasteiger partial charge is 0.494 e. The standard InChI is InChI=1S/C16H21BO4/c1-15(2)16(3,4)21-17(20-15)11-7-8-12(14(18)19)13(9-11)10-5-6-10/h7-10H,5-6H2,1-4H3,(H,18,19). The lowest BCUT2D eigenvalue weighted by Crippen LogP contribution is -2.41. The Hall–Kier alpha value is -1.33. The van der Waals surface area contributed by atoms with Gasteiger partial charge < -0.3 is 14.4 Å². The molecule has 0 atom stereocenters. The molecule has 1 aromatic carbocycles. The Morgan fingerprint density at radius 2 is 1.76 bits per heavy atom. The topological polar surface area (TPSA) is 55.8 Å². The van der Waals surface area contributed by atoms with E-state index in [4.69, 9.17) is 9.31 Å². The van der Waals surface area contributed by atoms with Crippen LogP contribution >= 0.6 is 0 Å². The van der Waals surface area contributed by atoms with Crippen molar-refractivity contribution in [2.45, 2.75) is 57.7 Å². The van der Waals surface area contributed by atoms with Crippen molar-refractivity contribution >= 4 is 18.6 Å². The predicted octanol–water partition coefficient (Wildman–Crippen LogP) is 2.56. The monoisotopic (exact) mass is 288 g/mol. The van der Waals surface area contributed by atoms with Gasteiger partial charge in [0.15, 0.2) is 0 Å². The zero-order chi connectivity index (χ0) is 15.4. The maximum atomic E-state index is 11.3. The highest BCUT2D eigenvalue weighted by Crippen LogP contribution is 2.42. The summed E-state index contributed by atoms with van der Waals surface area (Å²) < 4.78 is 12.1.